The lowest BCUT2D eigenvalue weighted by Crippen LogP contribution is -2.31. The van der Waals surface area contributed by atoms with Crippen LogP contribution in [-0.4, -0.2) is 13.1 Å². The average Bonchev–Trinajstić information content (AvgIpc) is 3.09. The van der Waals surface area contributed by atoms with Gasteiger partial charge in [0.1, 0.15) is 0 Å². The molecule has 1 fully saturated rings. The van der Waals surface area contributed by atoms with E-state index in [1.165, 1.54) is 18.9 Å². The van der Waals surface area contributed by atoms with Crippen molar-refractivity contribution >= 4 is 11.4 Å². The first-order valence-electron chi connectivity index (χ1n) is 6.00. The Labute approximate surface area is 105 Å². The summed E-state index contributed by atoms with van der Waals surface area (Å²) < 4.78 is 37.6. The Morgan fingerprint density at radius 2 is 1.94 bits per heavy atom. The van der Waals surface area contributed by atoms with Crippen molar-refractivity contribution in [3.63, 3.8) is 0 Å². The first kappa shape index (κ1) is 13.1. The van der Waals surface area contributed by atoms with Crippen molar-refractivity contribution in [3.05, 3.63) is 23.8 Å². The van der Waals surface area contributed by atoms with E-state index in [0.29, 0.717) is 17.6 Å². The molecule has 0 spiro atoms. The predicted molar refractivity (Wildman–Crippen MR) is 66.4 cm³/mol. The first-order valence-corrected chi connectivity index (χ1v) is 6.00. The summed E-state index contributed by atoms with van der Waals surface area (Å²) in [6.45, 7) is 2.08. The summed E-state index contributed by atoms with van der Waals surface area (Å²) in [5, 5.41) is 0. The van der Waals surface area contributed by atoms with Crippen LogP contribution in [0.25, 0.3) is 0 Å². The summed E-state index contributed by atoms with van der Waals surface area (Å²) in [6, 6.07) is 3.86. The number of hydrogen-bond donors (Lipinski definition) is 1. The maximum atomic E-state index is 12.5. The van der Waals surface area contributed by atoms with Gasteiger partial charge in [0.2, 0.25) is 0 Å². The van der Waals surface area contributed by atoms with E-state index in [4.69, 9.17) is 5.73 Å². The number of hydrogen-bond acceptors (Lipinski definition) is 2. The minimum absolute atomic E-state index is 0.180. The molecular formula is C13H17F3N2. The summed E-state index contributed by atoms with van der Waals surface area (Å²) in [6.07, 6.45) is -1.97. The number of alkyl halides is 3. The third-order valence-electron chi connectivity index (χ3n) is 3.65. The fraction of sp³-hybridized carbons (Fsp3) is 0.538. The first-order chi connectivity index (χ1) is 8.30. The van der Waals surface area contributed by atoms with Gasteiger partial charge in [-0.25, -0.2) is 0 Å². The summed E-state index contributed by atoms with van der Waals surface area (Å²) in [4.78, 5) is 1.97. The summed E-state index contributed by atoms with van der Waals surface area (Å²) in [7, 11) is 1.88. The number of benzene rings is 1. The van der Waals surface area contributed by atoms with Crippen LogP contribution in [-0.2, 0) is 6.18 Å². The smallest absolute Gasteiger partial charge is 0.397 e. The SMILES string of the molecule is CC(C1CC1)N(C)c1ccc(C(F)(F)F)cc1N. The molecule has 1 unspecified atom stereocenters. The van der Waals surface area contributed by atoms with Crippen molar-refractivity contribution in [2.45, 2.75) is 32.0 Å². The average molecular weight is 258 g/mol. The van der Waals surface area contributed by atoms with Crippen LogP contribution in [0.15, 0.2) is 18.2 Å². The zero-order valence-corrected chi connectivity index (χ0v) is 10.5. The monoisotopic (exact) mass is 258 g/mol. The van der Waals surface area contributed by atoms with Crippen LogP contribution < -0.4 is 10.6 Å². The molecule has 1 saturated carbocycles. The molecule has 0 radical (unpaired) electrons. The molecule has 0 bridgehead atoms. The third kappa shape index (κ3) is 2.54. The van der Waals surface area contributed by atoms with E-state index in [0.717, 1.165) is 12.1 Å². The zero-order valence-electron chi connectivity index (χ0n) is 10.5. The lowest BCUT2D eigenvalue weighted by Gasteiger charge is -2.28. The van der Waals surface area contributed by atoms with Gasteiger partial charge >= 0.3 is 6.18 Å². The van der Waals surface area contributed by atoms with E-state index >= 15 is 0 Å². The topological polar surface area (TPSA) is 29.3 Å². The second kappa shape index (κ2) is 4.37. The van der Waals surface area contributed by atoms with Crippen LogP contribution >= 0.6 is 0 Å². The van der Waals surface area contributed by atoms with Crippen molar-refractivity contribution in [3.8, 4) is 0 Å². The van der Waals surface area contributed by atoms with Crippen molar-refractivity contribution in [2.24, 2.45) is 5.92 Å². The van der Waals surface area contributed by atoms with E-state index in [1.807, 2.05) is 11.9 Å². The van der Waals surface area contributed by atoms with Crippen molar-refractivity contribution in [2.75, 3.05) is 17.7 Å². The van der Waals surface area contributed by atoms with E-state index in [1.54, 1.807) is 0 Å². The highest BCUT2D eigenvalue weighted by atomic mass is 19.4. The number of nitrogen functional groups attached to an aromatic ring is 1. The van der Waals surface area contributed by atoms with Crippen molar-refractivity contribution in [1.82, 2.24) is 0 Å². The van der Waals surface area contributed by atoms with Gasteiger partial charge in [0.25, 0.3) is 0 Å². The molecule has 2 N–H and O–H groups in total. The molecule has 2 rings (SSSR count). The van der Waals surface area contributed by atoms with Gasteiger partial charge in [0.15, 0.2) is 0 Å². The molecule has 0 heterocycles. The zero-order chi connectivity index (χ0) is 13.5. The molecule has 18 heavy (non-hydrogen) atoms. The van der Waals surface area contributed by atoms with E-state index in [9.17, 15) is 13.2 Å². The Bertz CT molecular complexity index is 438. The Balaban J connectivity index is 2.24. The molecule has 0 aromatic heterocycles. The van der Waals surface area contributed by atoms with Gasteiger partial charge in [0, 0.05) is 13.1 Å². The van der Waals surface area contributed by atoms with Crippen LogP contribution in [0.2, 0.25) is 0 Å². The third-order valence-corrected chi connectivity index (χ3v) is 3.65. The largest absolute Gasteiger partial charge is 0.416 e. The molecule has 5 heteroatoms. The Hall–Kier alpha value is -1.39. The van der Waals surface area contributed by atoms with Crippen LogP contribution in [0.4, 0.5) is 24.5 Å². The molecule has 1 aliphatic rings. The molecule has 1 aromatic rings. The van der Waals surface area contributed by atoms with Gasteiger partial charge in [-0.05, 0) is 43.9 Å². The summed E-state index contributed by atoms with van der Waals surface area (Å²) in [5.41, 5.74) is 5.89. The second-order valence-corrected chi connectivity index (χ2v) is 4.96. The molecule has 1 atom stereocenters. The highest BCUT2D eigenvalue weighted by Gasteiger charge is 2.33. The summed E-state index contributed by atoms with van der Waals surface area (Å²) >= 11 is 0. The van der Waals surface area contributed by atoms with E-state index < -0.39 is 11.7 Å². The van der Waals surface area contributed by atoms with E-state index in [2.05, 4.69) is 6.92 Å². The Morgan fingerprint density at radius 1 is 1.33 bits per heavy atom. The quantitative estimate of drug-likeness (QED) is 0.840. The molecule has 0 aliphatic heterocycles. The highest BCUT2D eigenvalue weighted by molar-refractivity contribution is 5.68. The number of anilines is 2. The van der Waals surface area contributed by atoms with Crippen LogP contribution in [0.3, 0.4) is 0 Å². The lowest BCUT2D eigenvalue weighted by molar-refractivity contribution is -0.137. The fourth-order valence-electron chi connectivity index (χ4n) is 2.17. The highest BCUT2D eigenvalue weighted by Crippen LogP contribution is 2.39. The van der Waals surface area contributed by atoms with Gasteiger partial charge in [-0.2, -0.15) is 13.2 Å². The number of nitrogens with two attached hydrogens (primary N) is 1. The number of rotatable bonds is 3. The van der Waals surface area contributed by atoms with Crippen LogP contribution in [0.5, 0.6) is 0 Å². The maximum absolute atomic E-state index is 12.5. The minimum Gasteiger partial charge on any atom is -0.397 e. The van der Waals surface area contributed by atoms with Crippen molar-refractivity contribution < 1.29 is 13.2 Å². The Morgan fingerprint density at radius 3 is 2.39 bits per heavy atom. The molecule has 100 valence electrons. The summed E-state index contributed by atoms with van der Waals surface area (Å²) in [5.74, 6) is 0.636. The number of nitrogens with zero attached hydrogens (tertiary/aromatic N) is 1. The minimum atomic E-state index is -4.34. The molecule has 2 nitrogen and oxygen atoms in total. The normalized spacial score (nSPS) is 17.6. The van der Waals surface area contributed by atoms with Gasteiger partial charge in [0.05, 0.1) is 16.9 Å². The fourth-order valence-corrected chi connectivity index (χ4v) is 2.17. The maximum Gasteiger partial charge on any atom is 0.416 e. The van der Waals surface area contributed by atoms with Gasteiger partial charge in [-0.3, -0.25) is 0 Å². The Kier molecular flexibility index (Phi) is 3.17. The molecular weight excluding hydrogens is 241 g/mol. The molecule has 0 amide bonds. The molecule has 1 aromatic carbocycles. The molecule has 1 aliphatic carbocycles. The van der Waals surface area contributed by atoms with Crippen molar-refractivity contribution in [1.29, 1.82) is 0 Å². The lowest BCUT2D eigenvalue weighted by atomic mass is 10.1. The predicted octanol–water partition coefficient (Wildman–Crippen LogP) is 3.52. The van der Waals surface area contributed by atoms with Gasteiger partial charge in [-0.1, -0.05) is 0 Å². The molecule has 0 saturated heterocycles. The van der Waals surface area contributed by atoms with Gasteiger partial charge in [-0.15, -0.1) is 0 Å². The standard InChI is InChI=1S/C13H17F3N2/c1-8(9-3-4-9)18(2)12-6-5-10(7-11(12)17)13(14,15)16/h5-9H,3-4,17H2,1-2H3. The number of halogens is 3. The van der Waals surface area contributed by atoms with Crippen LogP contribution in [0.1, 0.15) is 25.3 Å². The van der Waals surface area contributed by atoms with E-state index in [-0.39, 0.29) is 5.69 Å². The second-order valence-electron chi connectivity index (χ2n) is 4.96. The van der Waals surface area contributed by atoms with Gasteiger partial charge < -0.3 is 10.6 Å². The van der Waals surface area contributed by atoms with Crippen LogP contribution in [0, 0.1) is 5.92 Å².